The molecule has 4 rings (SSSR count). The van der Waals surface area contributed by atoms with Gasteiger partial charge in [-0.1, -0.05) is 59.8 Å². The highest BCUT2D eigenvalue weighted by Crippen LogP contribution is 2.45. The normalized spacial score (nSPS) is 21.7. The quantitative estimate of drug-likeness (QED) is 0.678. The minimum absolute atomic E-state index is 0.0334. The first-order valence-corrected chi connectivity index (χ1v) is 8.38. The van der Waals surface area contributed by atoms with Gasteiger partial charge in [-0.2, -0.15) is 0 Å². The molecule has 3 heteroatoms. The van der Waals surface area contributed by atoms with Crippen molar-refractivity contribution in [2.24, 2.45) is 10.6 Å². The molecule has 0 unspecified atom stereocenters. The van der Waals surface area contributed by atoms with Crippen LogP contribution >= 0.6 is 0 Å². The topological polar surface area (TPSA) is 35.8 Å². The first-order valence-electron chi connectivity index (χ1n) is 8.38. The van der Waals surface area contributed by atoms with Crippen LogP contribution in [0.1, 0.15) is 29.5 Å². The standard InChI is InChI=1S/C20H22N2O/c23-21-19-18-9-5-4-8-17(18)14-20(19)10-12-22(13-11-20)15-16-6-2-1-3-7-16/h1-9,23H,10-15H2/b21-19+. The van der Waals surface area contributed by atoms with Crippen LogP contribution in [0.25, 0.3) is 0 Å². The second kappa shape index (κ2) is 5.82. The number of piperidine rings is 1. The maximum atomic E-state index is 9.61. The third-order valence-corrected chi connectivity index (χ3v) is 5.47. The lowest BCUT2D eigenvalue weighted by Crippen LogP contribution is -2.43. The molecule has 1 saturated heterocycles. The van der Waals surface area contributed by atoms with Crippen molar-refractivity contribution in [2.45, 2.75) is 25.8 Å². The highest BCUT2D eigenvalue weighted by molar-refractivity contribution is 6.08. The van der Waals surface area contributed by atoms with Crippen molar-refractivity contribution >= 4 is 5.71 Å². The van der Waals surface area contributed by atoms with Crippen LogP contribution in [-0.4, -0.2) is 28.9 Å². The van der Waals surface area contributed by atoms with Gasteiger partial charge in [0.05, 0.1) is 5.71 Å². The van der Waals surface area contributed by atoms with Gasteiger partial charge in [-0.25, -0.2) is 0 Å². The summed E-state index contributed by atoms with van der Waals surface area (Å²) in [6.45, 7) is 3.12. The van der Waals surface area contributed by atoms with Gasteiger partial charge in [0.2, 0.25) is 0 Å². The lowest BCUT2D eigenvalue weighted by molar-refractivity contribution is 0.146. The molecular weight excluding hydrogens is 284 g/mol. The Morgan fingerprint density at radius 2 is 1.65 bits per heavy atom. The Labute approximate surface area is 137 Å². The molecule has 0 bridgehead atoms. The highest BCUT2D eigenvalue weighted by Gasteiger charge is 2.45. The van der Waals surface area contributed by atoms with Crippen LogP contribution in [-0.2, 0) is 13.0 Å². The Bertz CT molecular complexity index is 715. The molecule has 1 N–H and O–H groups in total. The third-order valence-electron chi connectivity index (χ3n) is 5.47. The number of benzene rings is 2. The van der Waals surface area contributed by atoms with Gasteiger partial charge in [-0.05, 0) is 43.5 Å². The van der Waals surface area contributed by atoms with E-state index < -0.39 is 0 Å². The minimum atomic E-state index is 0.0334. The second-order valence-corrected chi connectivity index (χ2v) is 6.82. The monoisotopic (exact) mass is 306 g/mol. The molecule has 118 valence electrons. The number of oxime groups is 1. The van der Waals surface area contributed by atoms with Crippen LogP contribution < -0.4 is 0 Å². The fourth-order valence-electron chi connectivity index (χ4n) is 4.19. The van der Waals surface area contributed by atoms with Gasteiger partial charge < -0.3 is 5.21 Å². The molecule has 23 heavy (non-hydrogen) atoms. The summed E-state index contributed by atoms with van der Waals surface area (Å²) in [5.41, 5.74) is 4.79. The average molecular weight is 306 g/mol. The van der Waals surface area contributed by atoms with E-state index in [0.717, 1.165) is 50.2 Å². The fraction of sp³-hybridized carbons (Fsp3) is 0.350. The summed E-state index contributed by atoms with van der Waals surface area (Å²) in [6.07, 6.45) is 3.14. The van der Waals surface area contributed by atoms with Gasteiger partial charge in [-0.15, -0.1) is 0 Å². The van der Waals surface area contributed by atoms with E-state index in [4.69, 9.17) is 0 Å². The van der Waals surface area contributed by atoms with E-state index in [9.17, 15) is 5.21 Å². The van der Waals surface area contributed by atoms with E-state index in [1.807, 2.05) is 6.07 Å². The van der Waals surface area contributed by atoms with Crippen molar-refractivity contribution in [2.75, 3.05) is 13.1 Å². The van der Waals surface area contributed by atoms with E-state index >= 15 is 0 Å². The predicted octanol–water partition coefficient (Wildman–Crippen LogP) is 3.70. The molecule has 0 aromatic heterocycles. The Morgan fingerprint density at radius 1 is 0.957 bits per heavy atom. The molecule has 2 aliphatic rings. The Kier molecular flexibility index (Phi) is 3.66. The predicted molar refractivity (Wildman–Crippen MR) is 91.9 cm³/mol. The SMILES string of the molecule is O/N=C1\c2ccccc2CC12CCN(Cc1ccccc1)CC2. The largest absolute Gasteiger partial charge is 0.411 e. The molecule has 3 nitrogen and oxygen atoms in total. The smallest absolute Gasteiger partial charge is 0.0936 e. The van der Waals surface area contributed by atoms with E-state index in [1.165, 1.54) is 11.1 Å². The molecule has 2 aromatic rings. The van der Waals surface area contributed by atoms with Gasteiger partial charge in [-0.3, -0.25) is 4.90 Å². The van der Waals surface area contributed by atoms with Crippen molar-refractivity contribution in [1.29, 1.82) is 0 Å². The number of nitrogens with zero attached hydrogens (tertiary/aromatic N) is 2. The molecule has 1 fully saturated rings. The number of likely N-dealkylation sites (tertiary alicyclic amines) is 1. The highest BCUT2D eigenvalue weighted by atomic mass is 16.4. The lowest BCUT2D eigenvalue weighted by Gasteiger charge is -2.39. The van der Waals surface area contributed by atoms with Gasteiger partial charge in [0.15, 0.2) is 0 Å². The van der Waals surface area contributed by atoms with Crippen LogP contribution in [0.5, 0.6) is 0 Å². The average Bonchev–Trinajstić information content (AvgIpc) is 2.91. The van der Waals surface area contributed by atoms with Crippen LogP contribution in [0.15, 0.2) is 59.8 Å². The van der Waals surface area contributed by atoms with Crippen LogP contribution in [0, 0.1) is 5.41 Å². The summed E-state index contributed by atoms with van der Waals surface area (Å²) < 4.78 is 0. The zero-order valence-corrected chi connectivity index (χ0v) is 13.3. The molecule has 1 heterocycles. The summed E-state index contributed by atoms with van der Waals surface area (Å²) in [4.78, 5) is 2.51. The zero-order chi connectivity index (χ0) is 15.7. The van der Waals surface area contributed by atoms with Crippen molar-refractivity contribution in [3.8, 4) is 0 Å². The molecule has 0 radical (unpaired) electrons. The van der Waals surface area contributed by atoms with Crippen LogP contribution in [0.3, 0.4) is 0 Å². The molecule has 1 spiro atoms. The minimum Gasteiger partial charge on any atom is -0.411 e. The van der Waals surface area contributed by atoms with Crippen molar-refractivity contribution in [3.63, 3.8) is 0 Å². The molecule has 0 atom stereocenters. The Morgan fingerprint density at radius 3 is 2.39 bits per heavy atom. The van der Waals surface area contributed by atoms with Gasteiger partial charge in [0.1, 0.15) is 0 Å². The second-order valence-electron chi connectivity index (χ2n) is 6.82. The van der Waals surface area contributed by atoms with E-state index in [2.05, 4.69) is 58.6 Å². The summed E-state index contributed by atoms with van der Waals surface area (Å²) in [5.74, 6) is 0. The van der Waals surface area contributed by atoms with E-state index in [0.29, 0.717) is 0 Å². The first kappa shape index (κ1) is 14.5. The number of rotatable bonds is 2. The lowest BCUT2D eigenvalue weighted by atomic mass is 9.74. The van der Waals surface area contributed by atoms with Crippen LogP contribution in [0.4, 0.5) is 0 Å². The molecule has 0 saturated carbocycles. The molecule has 0 amide bonds. The number of hydrogen-bond donors (Lipinski definition) is 1. The molecule has 1 aliphatic carbocycles. The van der Waals surface area contributed by atoms with Gasteiger partial charge >= 0.3 is 0 Å². The van der Waals surface area contributed by atoms with Crippen molar-refractivity contribution < 1.29 is 5.21 Å². The number of hydrogen-bond acceptors (Lipinski definition) is 3. The zero-order valence-electron chi connectivity index (χ0n) is 13.3. The molecular formula is C20H22N2O. The molecule has 2 aromatic carbocycles. The maximum absolute atomic E-state index is 9.61. The molecule has 1 aliphatic heterocycles. The Hall–Kier alpha value is -2.13. The first-order chi connectivity index (χ1) is 11.3. The van der Waals surface area contributed by atoms with Gasteiger partial charge in [0.25, 0.3) is 0 Å². The Balaban J connectivity index is 1.49. The summed E-state index contributed by atoms with van der Waals surface area (Å²) >= 11 is 0. The summed E-state index contributed by atoms with van der Waals surface area (Å²) in [6, 6.07) is 19.0. The van der Waals surface area contributed by atoms with Crippen molar-refractivity contribution in [1.82, 2.24) is 4.90 Å². The number of fused-ring (bicyclic) bond motifs is 1. The van der Waals surface area contributed by atoms with E-state index in [-0.39, 0.29) is 5.41 Å². The van der Waals surface area contributed by atoms with Crippen LogP contribution in [0.2, 0.25) is 0 Å². The summed E-state index contributed by atoms with van der Waals surface area (Å²) in [5, 5.41) is 13.3. The van der Waals surface area contributed by atoms with Crippen molar-refractivity contribution in [3.05, 3.63) is 71.3 Å². The third kappa shape index (κ3) is 2.55. The van der Waals surface area contributed by atoms with Gasteiger partial charge in [0, 0.05) is 17.5 Å². The maximum Gasteiger partial charge on any atom is 0.0936 e. The summed E-state index contributed by atoms with van der Waals surface area (Å²) in [7, 11) is 0. The van der Waals surface area contributed by atoms with E-state index in [1.54, 1.807) is 0 Å². The fourth-order valence-corrected chi connectivity index (χ4v) is 4.19.